The van der Waals surface area contributed by atoms with Crippen molar-refractivity contribution in [1.82, 2.24) is 0 Å². The molecular weight excluding hydrogens is 717 g/mol. The fraction of sp³-hybridized carbons (Fsp3) is 0.0571. The summed E-state index contributed by atoms with van der Waals surface area (Å²) in [4.78, 5) is 46.7. The molecule has 0 bridgehead atoms. The molecule has 264 valence electrons. The average molecular weight is 743 g/mol. The third kappa shape index (κ3) is 7.72. The second-order valence-electron chi connectivity index (χ2n) is 11.5. The largest absolute Gasteiger partial charge is 0.508 e. The van der Waals surface area contributed by atoms with Gasteiger partial charge in [0.15, 0.2) is 0 Å². The molecule has 17 heteroatoms. The summed E-state index contributed by atoms with van der Waals surface area (Å²) in [5.74, 6) is -1.82. The van der Waals surface area contributed by atoms with E-state index in [2.05, 4.69) is 20.6 Å². The zero-order valence-corrected chi connectivity index (χ0v) is 28.0. The monoisotopic (exact) mass is 742 g/mol. The number of hydrogen-bond donors (Lipinski definition) is 6. The van der Waals surface area contributed by atoms with Crippen LogP contribution in [0.15, 0.2) is 119 Å². The van der Waals surface area contributed by atoms with E-state index in [4.69, 9.17) is 0 Å². The summed E-state index contributed by atoms with van der Waals surface area (Å²) >= 11 is 0. The zero-order chi connectivity index (χ0) is 37.4. The first kappa shape index (κ1) is 35.6. The van der Waals surface area contributed by atoms with Crippen LogP contribution in [0.2, 0.25) is 0 Å². The lowest BCUT2D eigenvalue weighted by molar-refractivity contribution is 0.0994. The number of aromatic hydroxyl groups is 2. The third-order valence-corrected chi connectivity index (χ3v) is 10.1. The zero-order valence-electron chi connectivity index (χ0n) is 26.4. The minimum atomic E-state index is -4.54. The highest BCUT2D eigenvalue weighted by Gasteiger charge is 2.31. The van der Waals surface area contributed by atoms with E-state index in [1.54, 1.807) is 0 Å². The molecule has 0 saturated heterocycles. The molecule has 15 nitrogen and oxygen atoms in total. The van der Waals surface area contributed by atoms with Gasteiger partial charge in [0.05, 0.1) is 11.4 Å². The van der Waals surface area contributed by atoms with Gasteiger partial charge >= 0.3 is 6.03 Å². The summed E-state index contributed by atoms with van der Waals surface area (Å²) in [6.45, 7) is 0. The van der Waals surface area contributed by atoms with Gasteiger partial charge in [0.2, 0.25) is 0 Å². The highest BCUT2D eigenvalue weighted by atomic mass is 32.2. The number of anilines is 2. The number of phenolic OH excluding ortho intramolecular Hbond substituents is 2. The predicted octanol–water partition coefficient (Wildman–Crippen LogP) is 5.00. The summed E-state index contributed by atoms with van der Waals surface area (Å²) < 4.78 is 66.5. The number of phenols is 2. The van der Waals surface area contributed by atoms with Crippen LogP contribution in [0.25, 0.3) is 0 Å². The average Bonchev–Trinajstić information content (AvgIpc) is 3.07. The maximum absolute atomic E-state index is 12.9. The van der Waals surface area contributed by atoms with E-state index in [-0.39, 0.29) is 56.3 Å². The van der Waals surface area contributed by atoms with Crippen molar-refractivity contribution < 1.29 is 50.5 Å². The minimum absolute atomic E-state index is 0.0571. The topological polar surface area (TPSA) is 249 Å². The number of allylic oxidation sites excluding steroid dienone is 2. The van der Waals surface area contributed by atoms with E-state index < -0.39 is 48.6 Å². The number of hydrogen-bond acceptors (Lipinski definition) is 9. The Labute approximate surface area is 295 Å². The number of fused-ring (bicyclic) bond motifs is 2. The van der Waals surface area contributed by atoms with Crippen LogP contribution < -0.4 is 10.6 Å². The molecule has 2 unspecified atom stereocenters. The standard InChI is InChI=1S/C35H26N4O11S2/c40-23-9-11-25-27(17-23)31(51(45,46)47)15-13-29(25)38-33(42)19-1-5-21(6-2-19)36-35(44)37-22-7-3-20(4-8-22)34(43)39-30-14-16-32(52(48,49)50)28-18-24(41)10-12-26(28)30/h1-18,31-32,40-41H,(H2,36,37,44)(H,45,46,47)(H,48,49,50). The molecule has 4 aromatic rings. The molecule has 52 heavy (non-hydrogen) atoms. The van der Waals surface area contributed by atoms with E-state index in [9.17, 15) is 50.5 Å². The summed E-state index contributed by atoms with van der Waals surface area (Å²) in [5, 5.41) is 22.0. The molecule has 6 rings (SSSR count). The number of nitrogens with one attached hydrogen (secondary N) is 2. The first-order valence-electron chi connectivity index (χ1n) is 15.1. The Kier molecular flexibility index (Phi) is 9.44. The maximum Gasteiger partial charge on any atom is 0.323 e. The number of amides is 4. The molecule has 6 N–H and O–H groups in total. The summed E-state index contributed by atoms with van der Waals surface area (Å²) in [6.07, 6.45) is 4.89. The van der Waals surface area contributed by atoms with Crippen LogP contribution in [0.5, 0.6) is 11.5 Å². The number of benzene rings is 4. The molecule has 0 saturated carbocycles. The second-order valence-corrected chi connectivity index (χ2v) is 14.5. The molecular formula is C35H26N4O11S2. The van der Waals surface area contributed by atoms with E-state index in [0.717, 1.165) is 12.2 Å². The van der Waals surface area contributed by atoms with Crippen molar-refractivity contribution in [2.24, 2.45) is 9.98 Å². The van der Waals surface area contributed by atoms with Crippen LogP contribution in [0, 0.1) is 0 Å². The Morgan fingerprint density at radius 2 is 0.923 bits per heavy atom. The molecule has 2 atom stereocenters. The fourth-order valence-electron chi connectivity index (χ4n) is 5.53. The van der Waals surface area contributed by atoms with Crippen molar-refractivity contribution in [3.63, 3.8) is 0 Å². The van der Waals surface area contributed by atoms with Crippen molar-refractivity contribution in [3.05, 3.63) is 143 Å². The second kappa shape index (κ2) is 13.8. The molecule has 0 radical (unpaired) electrons. The highest BCUT2D eigenvalue weighted by molar-refractivity contribution is 7.86. The number of rotatable bonds is 6. The van der Waals surface area contributed by atoms with Gasteiger partial charge < -0.3 is 20.8 Å². The Bertz CT molecular complexity index is 2320. The molecule has 2 aliphatic rings. The number of urea groups is 1. The highest BCUT2D eigenvalue weighted by Crippen LogP contribution is 2.35. The smallest absolute Gasteiger partial charge is 0.323 e. The Morgan fingerprint density at radius 1 is 0.558 bits per heavy atom. The molecule has 0 spiro atoms. The minimum Gasteiger partial charge on any atom is -0.508 e. The van der Waals surface area contributed by atoms with E-state index >= 15 is 0 Å². The van der Waals surface area contributed by atoms with Gasteiger partial charge in [0, 0.05) is 33.6 Å². The van der Waals surface area contributed by atoms with Gasteiger partial charge in [-0.15, -0.1) is 0 Å². The SMILES string of the molecule is O=C(Nc1ccc(C(=O)N=C2C=CC(S(=O)(=O)O)c3cc(O)ccc32)cc1)Nc1ccc(C(=O)N=C2C=CC(S(=O)(=O)O)c3cc(O)ccc32)cc1. The summed E-state index contributed by atoms with van der Waals surface area (Å²) in [6, 6.07) is 18.6. The maximum atomic E-state index is 12.9. The van der Waals surface area contributed by atoms with E-state index in [1.807, 2.05) is 0 Å². The lowest BCUT2D eigenvalue weighted by Crippen LogP contribution is -2.19. The van der Waals surface area contributed by atoms with Crippen molar-refractivity contribution in [2.75, 3.05) is 10.6 Å². The van der Waals surface area contributed by atoms with Crippen molar-refractivity contribution >= 4 is 60.9 Å². The van der Waals surface area contributed by atoms with Crippen LogP contribution in [0.4, 0.5) is 16.2 Å². The Hall–Kier alpha value is -6.27. The van der Waals surface area contributed by atoms with Crippen LogP contribution in [-0.4, -0.2) is 65.4 Å². The summed E-state index contributed by atoms with van der Waals surface area (Å²) in [7, 11) is -9.09. The van der Waals surface area contributed by atoms with Crippen LogP contribution in [0.1, 0.15) is 53.5 Å². The molecule has 0 aromatic heterocycles. The first-order chi connectivity index (χ1) is 24.6. The van der Waals surface area contributed by atoms with Crippen molar-refractivity contribution in [3.8, 4) is 11.5 Å². The Morgan fingerprint density at radius 3 is 1.27 bits per heavy atom. The molecule has 0 fully saturated rings. The van der Waals surface area contributed by atoms with Gasteiger partial charge in [0.25, 0.3) is 32.1 Å². The van der Waals surface area contributed by atoms with Crippen LogP contribution in [-0.2, 0) is 20.2 Å². The van der Waals surface area contributed by atoms with Crippen LogP contribution >= 0.6 is 0 Å². The van der Waals surface area contributed by atoms with Gasteiger partial charge in [-0.25, -0.2) is 14.8 Å². The quantitative estimate of drug-likeness (QED) is 0.143. The van der Waals surface area contributed by atoms with Crippen molar-refractivity contribution in [2.45, 2.75) is 10.5 Å². The van der Waals surface area contributed by atoms with Gasteiger partial charge in [-0.3, -0.25) is 18.7 Å². The fourth-order valence-corrected chi connectivity index (χ4v) is 7.12. The van der Waals surface area contributed by atoms with Gasteiger partial charge in [-0.05, 0) is 108 Å². The third-order valence-electron chi connectivity index (χ3n) is 7.96. The number of carbonyl (C=O) groups excluding carboxylic acids is 3. The van der Waals surface area contributed by atoms with Crippen molar-refractivity contribution in [1.29, 1.82) is 0 Å². The van der Waals surface area contributed by atoms with Gasteiger partial charge in [-0.2, -0.15) is 16.8 Å². The first-order valence-corrected chi connectivity index (χ1v) is 18.1. The van der Waals surface area contributed by atoms with E-state index in [1.165, 1.54) is 97.1 Å². The molecule has 2 aliphatic carbocycles. The van der Waals surface area contributed by atoms with Crippen LogP contribution in [0.3, 0.4) is 0 Å². The Balaban J connectivity index is 1.09. The normalized spacial score (nSPS) is 18.0. The number of aliphatic imine (C=N–C) groups is 2. The molecule has 0 aliphatic heterocycles. The number of nitrogens with zero attached hydrogens (tertiary/aromatic N) is 2. The lowest BCUT2D eigenvalue weighted by atomic mass is 9.94. The molecule has 0 heterocycles. The molecule has 4 amide bonds. The van der Waals surface area contributed by atoms with Gasteiger partial charge in [0.1, 0.15) is 22.0 Å². The lowest BCUT2D eigenvalue weighted by Gasteiger charge is -2.19. The predicted molar refractivity (Wildman–Crippen MR) is 190 cm³/mol. The molecule has 4 aromatic carbocycles. The van der Waals surface area contributed by atoms with E-state index in [0.29, 0.717) is 11.4 Å². The van der Waals surface area contributed by atoms with Gasteiger partial charge in [-0.1, -0.05) is 12.2 Å². The number of carbonyl (C=O) groups is 3. The summed E-state index contributed by atoms with van der Waals surface area (Å²) in [5.41, 5.74) is 1.77.